The van der Waals surface area contributed by atoms with Crippen molar-refractivity contribution in [2.45, 2.75) is 64.0 Å². The second-order valence-electron chi connectivity index (χ2n) is 10.3. The number of carbonyl (C=O) groups excluding carboxylic acids is 1. The van der Waals surface area contributed by atoms with Gasteiger partial charge in [-0.15, -0.1) is 5.10 Å². The molecule has 5 rings (SSSR count). The summed E-state index contributed by atoms with van der Waals surface area (Å²) >= 11 is 0. The number of amides is 1. The van der Waals surface area contributed by atoms with Crippen molar-refractivity contribution < 1.29 is 19.4 Å². The maximum absolute atomic E-state index is 13.2. The predicted molar refractivity (Wildman–Crippen MR) is 148 cm³/mol. The summed E-state index contributed by atoms with van der Waals surface area (Å²) < 4.78 is 5.39. The van der Waals surface area contributed by atoms with Gasteiger partial charge in [-0.3, -0.25) is 4.79 Å². The molecule has 3 aromatic carbocycles. The zero-order chi connectivity index (χ0) is 27.2. The Morgan fingerprint density at radius 2 is 1.77 bits per heavy atom. The number of fused-ring (bicyclic) bond motifs is 1. The van der Waals surface area contributed by atoms with Crippen LogP contribution in [0.4, 0.5) is 4.79 Å². The number of benzene rings is 3. The Morgan fingerprint density at radius 1 is 1.03 bits per heavy atom. The molecule has 9 heteroatoms. The van der Waals surface area contributed by atoms with Gasteiger partial charge in [0.1, 0.15) is 5.60 Å². The lowest BCUT2D eigenvalue weighted by Gasteiger charge is -2.34. The summed E-state index contributed by atoms with van der Waals surface area (Å²) in [4.78, 5) is 26.5. The quantitative estimate of drug-likeness (QED) is 0.235. The zero-order valence-corrected chi connectivity index (χ0v) is 22.1. The van der Waals surface area contributed by atoms with E-state index in [1.165, 1.54) is 0 Å². The van der Waals surface area contributed by atoms with Crippen LogP contribution in [0.3, 0.4) is 0 Å². The summed E-state index contributed by atoms with van der Waals surface area (Å²) in [5.74, 6) is 0.645. The molecular weight excluding hydrogens is 494 g/mol. The smallest absolute Gasteiger partial charge is 0.450 e. The fraction of sp³-hybridized carbons (Fsp3) is 0.367. The molecular formula is C30H33N5O4. The number of nitrogens with zero attached hydrogens (tertiary/aromatic N) is 4. The van der Waals surface area contributed by atoms with Crippen LogP contribution in [-0.2, 0) is 16.1 Å². The summed E-state index contributed by atoms with van der Waals surface area (Å²) in [5, 5.41) is 25.9. The second kappa shape index (κ2) is 11.6. The van der Waals surface area contributed by atoms with E-state index in [0.29, 0.717) is 31.6 Å². The molecule has 1 saturated carbocycles. The van der Waals surface area contributed by atoms with E-state index in [1.54, 1.807) is 4.90 Å². The van der Waals surface area contributed by atoms with Crippen LogP contribution in [0.5, 0.6) is 0 Å². The highest BCUT2D eigenvalue weighted by molar-refractivity contribution is 5.90. The van der Waals surface area contributed by atoms with Crippen molar-refractivity contribution in [1.82, 2.24) is 25.5 Å². The average Bonchev–Trinajstić information content (AvgIpc) is 3.64. The molecule has 0 spiro atoms. The summed E-state index contributed by atoms with van der Waals surface area (Å²) in [5.41, 5.74) is 3.16. The van der Waals surface area contributed by atoms with Crippen molar-refractivity contribution in [1.29, 1.82) is 0 Å². The average molecular weight is 528 g/mol. The van der Waals surface area contributed by atoms with Crippen LogP contribution in [0.25, 0.3) is 33.3 Å². The highest BCUT2D eigenvalue weighted by atomic mass is 16.7. The number of hydrogen-bond acceptors (Lipinski definition) is 6. The van der Waals surface area contributed by atoms with Crippen LogP contribution < -0.4 is 0 Å². The topological polar surface area (TPSA) is 121 Å². The van der Waals surface area contributed by atoms with Crippen LogP contribution in [0.15, 0.2) is 60.7 Å². The van der Waals surface area contributed by atoms with Gasteiger partial charge in [0.2, 0.25) is 5.91 Å². The molecule has 1 aliphatic carbocycles. The molecule has 0 radical (unpaired) electrons. The third kappa shape index (κ3) is 6.08. The molecule has 1 heterocycles. The SMILES string of the molecule is CCCCC(=O)N(Cc1ccc2cc(-c3ccccc3-c3nnn[nH]3)ccc2c1)CC1(OC(=O)O)CCCC1. The molecule has 1 aliphatic rings. The van der Waals surface area contributed by atoms with Gasteiger partial charge < -0.3 is 14.7 Å². The van der Waals surface area contributed by atoms with Gasteiger partial charge in [-0.05, 0) is 82.1 Å². The van der Waals surface area contributed by atoms with Gasteiger partial charge >= 0.3 is 6.16 Å². The van der Waals surface area contributed by atoms with E-state index in [-0.39, 0.29) is 12.5 Å². The largest absolute Gasteiger partial charge is 0.506 e. The summed E-state index contributed by atoms with van der Waals surface area (Å²) in [6, 6.07) is 20.5. The number of aromatic nitrogens is 4. The molecule has 0 aliphatic heterocycles. The molecule has 1 amide bonds. The number of rotatable bonds is 10. The number of hydrogen-bond donors (Lipinski definition) is 2. The number of H-pyrrole nitrogens is 1. The Morgan fingerprint density at radius 3 is 2.49 bits per heavy atom. The standard InChI is InChI=1S/C30H33N5O4/c1-2-3-10-27(36)35(20-30(39-29(37)38)15-6-7-16-30)19-21-11-12-23-18-24(14-13-22(23)17-21)25-8-4-5-9-26(25)28-31-33-34-32-28/h4-5,8-9,11-14,17-18H,2-3,6-7,10,15-16,19-20H2,1H3,(H,37,38)(H,31,32,33,34). The first kappa shape index (κ1) is 26.3. The highest BCUT2D eigenvalue weighted by Gasteiger charge is 2.40. The Bertz CT molecular complexity index is 1450. The number of nitrogens with one attached hydrogen (secondary N) is 1. The minimum absolute atomic E-state index is 0.0334. The zero-order valence-electron chi connectivity index (χ0n) is 22.1. The van der Waals surface area contributed by atoms with Crippen molar-refractivity contribution in [3.05, 3.63) is 66.2 Å². The molecule has 202 valence electrons. The van der Waals surface area contributed by atoms with Crippen LogP contribution in [0, 0.1) is 0 Å². The van der Waals surface area contributed by atoms with E-state index in [2.05, 4.69) is 57.9 Å². The monoisotopic (exact) mass is 527 g/mol. The predicted octanol–water partition coefficient (Wildman–Crippen LogP) is 6.21. The van der Waals surface area contributed by atoms with Crippen LogP contribution >= 0.6 is 0 Å². The third-order valence-corrected chi connectivity index (χ3v) is 7.51. The molecule has 4 aromatic rings. The number of carboxylic acid groups (broad SMARTS) is 1. The van der Waals surface area contributed by atoms with E-state index >= 15 is 0 Å². The first-order valence-electron chi connectivity index (χ1n) is 13.5. The van der Waals surface area contributed by atoms with Crippen molar-refractivity contribution in [3.63, 3.8) is 0 Å². The lowest BCUT2D eigenvalue weighted by molar-refractivity contribution is -0.136. The molecule has 0 unspecified atom stereocenters. The Balaban J connectivity index is 1.41. The second-order valence-corrected chi connectivity index (χ2v) is 10.3. The summed E-state index contributed by atoms with van der Waals surface area (Å²) in [6.45, 7) is 2.75. The van der Waals surface area contributed by atoms with E-state index in [4.69, 9.17) is 4.74 Å². The number of carbonyl (C=O) groups is 2. The fourth-order valence-corrected chi connectivity index (χ4v) is 5.56. The van der Waals surface area contributed by atoms with E-state index < -0.39 is 11.8 Å². The number of unbranched alkanes of at least 4 members (excludes halogenated alkanes) is 1. The summed E-state index contributed by atoms with van der Waals surface area (Å²) in [6.07, 6.45) is 3.97. The lowest BCUT2D eigenvalue weighted by Crippen LogP contribution is -2.46. The number of aromatic amines is 1. The van der Waals surface area contributed by atoms with E-state index in [9.17, 15) is 14.7 Å². The third-order valence-electron chi connectivity index (χ3n) is 7.51. The molecule has 0 atom stereocenters. The van der Waals surface area contributed by atoms with Crippen LogP contribution in [0.1, 0.15) is 57.4 Å². The maximum atomic E-state index is 13.2. The minimum atomic E-state index is -1.28. The van der Waals surface area contributed by atoms with Crippen LogP contribution in [-0.4, -0.2) is 54.8 Å². The Hall–Kier alpha value is -4.27. The van der Waals surface area contributed by atoms with Gasteiger partial charge in [0, 0.05) is 18.5 Å². The van der Waals surface area contributed by atoms with Gasteiger partial charge in [0.15, 0.2) is 5.82 Å². The number of ether oxygens (including phenoxy) is 1. The first-order valence-corrected chi connectivity index (χ1v) is 13.5. The van der Waals surface area contributed by atoms with Gasteiger partial charge in [0.05, 0.1) is 6.54 Å². The van der Waals surface area contributed by atoms with Gasteiger partial charge in [-0.2, -0.15) is 0 Å². The number of tetrazole rings is 1. The van der Waals surface area contributed by atoms with Crippen LogP contribution in [0.2, 0.25) is 0 Å². The van der Waals surface area contributed by atoms with Gasteiger partial charge in [0.25, 0.3) is 0 Å². The van der Waals surface area contributed by atoms with Crippen molar-refractivity contribution in [2.24, 2.45) is 0 Å². The van der Waals surface area contributed by atoms with Crippen molar-refractivity contribution in [3.8, 4) is 22.5 Å². The summed E-state index contributed by atoms with van der Waals surface area (Å²) in [7, 11) is 0. The highest BCUT2D eigenvalue weighted by Crippen LogP contribution is 2.35. The fourth-order valence-electron chi connectivity index (χ4n) is 5.56. The molecule has 9 nitrogen and oxygen atoms in total. The first-order chi connectivity index (χ1) is 19.0. The van der Waals surface area contributed by atoms with E-state index in [0.717, 1.165) is 58.7 Å². The van der Waals surface area contributed by atoms with Gasteiger partial charge in [-0.25, -0.2) is 9.89 Å². The van der Waals surface area contributed by atoms with Crippen molar-refractivity contribution in [2.75, 3.05) is 6.54 Å². The van der Waals surface area contributed by atoms with E-state index in [1.807, 2.05) is 30.3 Å². The molecule has 1 aromatic heterocycles. The molecule has 1 fully saturated rings. The minimum Gasteiger partial charge on any atom is -0.450 e. The molecule has 39 heavy (non-hydrogen) atoms. The lowest BCUT2D eigenvalue weighted by atomic mass is 9.96. The Kier molecular flexibility index (Phi) is 7.86. The van der Waals surface area contributed by atoms with Gasteiger partial charge in [-0.1, -0.05) is 61.9 Å². The molecule has 0 bridgehead atoms. The Labute approximate surface area is 227 Å². The normalized spacial score (nSPS) is 14.4. The molecule has 2 N–H and O–H groups in total. The maximum Gasteiger partial charge on any atom is 0.506 e. The van der Waals surface area contributed by atoms with Crippen molar-refractivity contribution >= 4 is 22.8 Å². The molecule has 0 saturated heterocycles.